The summed E-state index contributed by atoms with van der Waals surface area (Å²) in [5.74, 6) is 0.710. The highest BCUT2D eigenvalue weighted by Gasteiger charge is 2.05. The van der Waals surface area contributed by atoms with Crippen LogP contribution in [0.4, 0.5) is 0 Å². The van der Waals surface area contributed by atoms with Crippen molar-refractivity contribution in [2.75, 3.05) is 7.11 Å². The summed E-state index contributed by atoms with van der Waals surface area (Å²) in [6.07, 6.45) is 3.82. The van der Waals surface area contributed by atoms with E-state index in [1.807, 2.05) is 54.6 Å². The van der Waals surface area contributed by atoms with Gasteiger partial charge in [-0.2, -0.15) is 0 Å². The fourth-order valence-electron chi connectivity index (χ4n) is 2.43. The van der Waals surface area contributed by atoms with E-state index in [2.05, 4.69) is 15.3 Å². The van der Waals surface area contributed by atoms with Crippen LogP contribution < -0.4 is 10.1 Å². The van der Waals surface area contributed by atoms with Crippen LogP contribution in [0.1, 0.15) is 11.1 Å². The third kappa shape index (κ3) is 4.64. The maximum Gasteiger partial charge on any atom is 0.224 e. The van der Waals surface area contributed by atoms with E-state index >= 15 is 0 Å². The lowest BCUT2D eigenvalue weighted by Gasteiger charge is -2.07. The summed E-state index contributed by atoms with van der Waals surface area (Å²) in [6.45, 7) is 0.443. The molecule has 0 radical (unpaired) electrons. The zero-order chi connectivity index (χ0) is 17.5. The van der Waals surface area contributed by atoms with Crippen LogP contribution in [0.2, 0.25) is 0 Å². The molecular formula is C20H19N3O2. The van der Waals surface area contributed by atoms with Crippen molar-refractivity contribution < 1.29 is 9.53 Å². The van der Waals surface area contributed by atoms with Crippen molar-refractivity contribution in [1.82, 2.24) is 15.3 Å². The van der Waals surface area contributed by atoms with E-state index in [0.29, 0.717) is 13.0 Å². The number of nitrogens with one attached hydrogen (secondary N) is 1. The van der Waals surface area contributed by atoms with E-state index in [9.17, 15) is 4.79 Å². The van der Waals surface area contributed by atoms with Crippen molar-refractivity contribution in [3.63, 3.8) is 0 Å². The fraction of sp³-hybridized carbons (Fsp3) is 0.150. The minimum Gasteiger partial charge on any atom is -0.497 e. The molecule has 1 aromatic carbocycles. The first-order valence-electron chi connectivity index (χ1n) is 8.00. The molecule has 1 N–H and O–H groups in total. The maximum atomic E-state index is 12.1. The second-order valence-corrected chi connectivity index (χ2v) is 5.57. The number of ether oxygens (including phenoxy) is 1. The molecule has 0 saturated heterocycles. The molecule has 0 fully saturated rings. The number of carbonyl (C=O) groups excluding carboxylic acids is 1. The van der Waals surface area contributed by atoms with Crippen molar-refractivity contribution in [3.8, 4) is 17.1 Å². The standard InChI is InChI=1S/C20H19N3O2/c1-25-17-6-4-5-15(11-17)12-20(24)23-14-16-8-9-19(22-13-16)18-7-2-3-10-21-18/h2-11,13H,12,14H2,1H3,(H,23,24). The molecule has 0 aliphatic carbocycles. The highest BCUT2D eigenvalue weighted by Crippen LogP contribution is 2.14. The van der Waals surface area contributed by atoms with Crippen molar-refractivity contribution >= 4 is 5.91 Å². The third-order valence-electron chi connectivity index (χ3n) is 3.74. The lowest BCUT2D eigenvalue weighted by molar-refractivity contribution is -0.120. The molecule has 2 heterocycles. The molecule has 3 aromatic rings. The van der Waals surface area contributed by atoms with Crippen molar-refractivity contribution in [2.45, 2.75) is 13.0 Å². The number of aromatic nitrogens is 2. The Morgan fingerprint density at radius 3 is 2.60 bits per heavy atom. The van der Waals surface area contributed by atoms with Crippen LogP contribution in [0.5, 0.6) is 5.75 Å². The molecule has 0 bridgehead atoms. The maximum absolute atomic E-state index is 12.1. The molecule has 0 aliphatic heterocycles. The van der Waals surface area contributed by atoms with Gasteiger partial charge in [0.25, 0.3) is 0 Å². The molecule has 5 heteroatoms. The van der Waals surface area contributed by atoms with Crippen molar-refractivity contribution in [3.05, 3.63) is 78.1 Å². The van der Waals surface area contributed by atoms with Gasteiger partial charge in [-0.15, -0.1) is 0 Å². The number of pyridine rings is 2. The van der Waals surface area contributed by atoms with Gasteiger partial charge in [0.2, 0.25) is 5.91 Å². The van der Waals surface area contributed by atoms with Crippen LogP contribution in [0.3, 0.4) is 0 Å². The van der Waals surface area contributed by atoms with Crippen LogP contribution in [0.25, 0.3) is 11.4 Å². The highest BCUT2D eigenvalue weighted by atomic mass is 16.5. The molecular weight excluding hydrogens is 314 g/mol. The Morgan fingerprint density at radius 2 is 1.88 bits per heavy atom. The Labute approximate surface area is 146 Å². The summed E-state index contributed by atoms with van der Waals surface area (Å²) < 4.78 is 5.17. The number of carbonyl (C=O) groups is 1. The van der Waals surface area contributed by atoms with Gasteiger partial charge in [-0.1, -0.05) is 24.3 Å². The summed E-state index contributed by atoms with van der Waals surface area (Å²) in [6, 6.07) is 17.1. The molecule has 2 aromatic heterocycles. The smallest absolute Gasteiger partial charge is 0.224 e. The van der Waals surface area contributed by atoms with Crippen LogP contribution in [0.15, 0.2) is 67.0 Å². The third-order valence-corrected chi connectivity index (χ3v) is 3.74. The first kappa shape index (κ1) is 16.6. The summed E-state index contributed by atoms with van der Waals surface area (Å²) in [7, 11) is 1.61. The molecule has 1 amide bonds. The second-order valence-electron chi connectivity index (χ2n) is 5.57. The van der Waals surface area contributed by atoms with Gasteiger partial charge in [0, 0.05) is 18.9 Å². The number of hydrogen-bond acceptors (Lipinski definition) is 4. The predicted octanol–water partition coefficient (Wildman–Crippen LogP) is 3.01. The lowest BCUT2D eigenvalue weighted by Crippen LogP contribution is -2.24. The summed E-state index contributed by atoms with van der Waals surface area (Å²) in [4.78, 5) is 20.8. The van der Waals surface area contributed by atoms with Gasteiger partial charge in [0.15, 0.2) is 0 Å². The zero-order valence-electron chi connectivity index (χ0n) is 14.0. The Kier molecular flexibility index (Phi) is 5.36. The summed E-state index contributed by atoms with van der Waals surface area (Å²) in [5.41, 5.74) is 3.50. The van der Waals surface area contributed by atoms with Gasteiger partial charge in [-0.3, -0.25) is 14.8 Å². The molecule has 126 valence electrons. The largest absolute Gasteiger partial charge is 0.497 e. The van der Waals surface area contributed by atoms with Crippen LogP contribution in [0, 0.1) is 0 Å². The van der Waals surface area contributed by atoms with E-state index < -0.39 is 0 Å². The molecule has 0 aliphatic rings. The van der Waals surface area contributed by atoms with Crippen molar-refractivity contribution in [2.24, 2.45) is 0 Å². The monoisotopic (exact) mass is 333 g/mol. The fourth-order valence-corrected chi connectivity index (χ4v) is 2.43. The first-order valence-corrected chi connectivity index (χ1v) is 8.00. The zero-order valence-corrected chi connectivity index (χ0v) is 14.0. The number of nitrogens with zero attached hydrogens (tertiary/aromatic N) is 2. The van der Waals surface area contributed by atoms with E-state index in [0.717, 1.165) is 28.3 Å². The molecule has 0 spiro atoms. The van der Waals surface area contributed by atoms with Gasteiger partial charge < -0.3 is 10.1 Å². The Balaban J connectivity index is 1.55. The molecule has 0 unspecified atom stereocenters. The molecule has 25 heavy (non-hydrogen) atoms. The molecule has 3 rings (SSSR count). The Morgan fingerprint density at radius 1 is 1.00 bits per heavy atom. The SMILES string of the molecule is COc1cccc(CC(=O)NCc2ccc(-c3ccccn3)nc2)c1. The van der Waals surface area contributed by atoms with Gasteiger partial charge >= 0.3 is 0 Å². The normalized spacial score (nSPS) is 10.3. The van der Waals surface area contributed by atoms with Crippen molar-refractivity contribution in [1.29, 1.82) is 0 Å². The lowest BCUT2D eigenvalue weighted by atomic mass is 10.1. The molecule has 5 nitrogen and oxygen atoms in total. The Bertz CT molecular complexity index is 833. The predicted molar refractivity (Wildman–Crippen MR) is 96.0 cm³/mol. The number of hydrogen-bond donors (Lipinski definition) is 1. The van der Waals surface area contributed by atoms with Gasteiger partial charge in [-0.25, -0.2) is 0 Å². The summed E-state index contributed by atoms with van der Waals surface area (Å²) in [5, 5.41) is 2.91. The topological polar surface area (TPSA) is 64.1 Å². The van der Waals surface area contributed by atoms with E-state index in [1.54, 1.807) is 19.5 Å². The van der Waals surface area contributed by atoms with E-state index in [-0.39, 0.29) is 5.91 Å². The number of rotatable bonds is 6. The number of benzene rings is 1. The average Bonchev–Trinajstić information content (AvgIpc) is 2.67. The van der Waals surface area contributed by atoms with Gasteiger partial charge in [0.1, 0.15) is 5.75 Å². The van der Waals surface area contributed by atoms with Gasteiger partial charge in [-0.05, 0) is 41.5 Å². The number of amides is 1. The molecule has 0 atom stereocenters. The second kappa shape index (κ2) is 8.06. The summed E-state index contributed by atoms with van der Waals surface area (Å²) >= 11 is 0. The quantitative estimate of drug-likeness (QED) is 0.753. The van der Waals surface area contributed by atoms with Gasteiger partial charge in [0.05, 0.1) is 24.9 Å². The highest BCUT2D eigenvalue weighted by molar-refractivity contribution is 5.78. The first-order chi connectivity index (χ1) is 12.2. The van der Waals surface area contributed by atoms with Crippen LogP contribution >= 0.6 is 0 Å². The van der Waals surface area contributed by atoms with Crippen LogP contribution in [-0.4, -0.2) is 23.0 Å². The van der Waals surface area contributed by atoms with E-state index in [4.69, 9.17) is 4.74 Å². The minimum atomic E-state index is -0.0398. The Hall–Kier alpha value is -3.21. The number of methoxy groups -OCH3 is 1. The average molecular weight is 333 g/mol. The van der Waals surface area contributed by atoms with E-state index in [1.165, 1.54) is 0 Å². The molecule has 0 saturated carbocycles. The minimum absolute atomic E-state index is 0.0398. The van der Waals surface area contributed by atoms with Crippen LogP contribution in [-0.2, 0) is 17.8 Å².